The quantitative estimate of drug-likeness (QED) is 0.579. The van der Waals surface area contributed by atoms with Crippen LogP contribution < -0.4 is 11.1 Å². The van der Waals surface area contributed by atoms with Gasteiger partial charge in [-0.2, -0.15) is 0 Å². The van der Waals surface area contributed by atoms with Gasteiger partial charge in [0.1, 0.15) is 0 Å². The average Bonchev–Trinajstić information content (AvgIpc) is 2.27. The molecule has 0 saturated carbocycles. The molecule has 3 heteroatoms. The standard InChI is InChI=1S/C14H30N2O/c1-4-5-6-7-8-16-14(17)10-13(11-15)9-12(2)3/h12-13H,4-11,15H2,1-3H3,(H,16,17). The van der Waals surface area contributed by atoms with Crippen LogP contribution in [0.4, 0.5) is 0 Å². The van der Waals surface area contributed by atoms with Crippen LogP contribution >= 0.6 is 0 Å². The molecule has 3 nitrogen and oxygen atoms in total. The lowest BCUT2D eigenvalue weighted by Gasteiger charge is -2.16. The van der Waals surface area contributed by atoms with Gasteiger partial charge < -0.3 is 11.1 Å². The molecule has 1 amide bonds. The summed E-state index contributed by atoms with van der Waals surface area (Å²) in [4.78, 5) is 11.7. The Morgan fingerprint density at radius 3 is 2.47 bits per heavy atom. The van der Waals surface area contributed by atoms with E-state index in [2.05, 4.69) is 26.1 Å². The fourth-order valence-electron chi connectivity index (χ4n) is 2.04. The molecule has 0 spiro atoms. The minimum atomic E-state index is 0.164. The highest BCUT2D eigenvalue weighted by molar-refractivity contribution is 5.76. The summed E-state index contributed by atoms with van der Waals surface area (Å²) in [6.07, 6.45) is 6.43. The Balaban J connectivity index is 3.61. The SMILES string of the molecule is CCCCCCNC(=O)CC(CN)CC(C)C. The fourth-order valence-corrected chi connectivity index (χ4v) is 2.04. The van der Waals surface area contributed by atoms with E-state index in [1.54, 1.807) is 0 Å². The Morgan fingerprint density at radius 1 is 1.24 bits per heavy atom. The molecule has 0 aliphatic carbocycles. The van der Waals surface area contributed by atoms with E-state index in [9.17, 15) is 4.79 Å². The molecule has 17 heavy (non-hydrogen) atoms. The van der Waals surface area contributed by atoms with Gasteiger partial charge in [0.05, 0.1) is 0 Å². The number of carbonyl (C=O) groups excluding carboxylic acids is 1. The van der Waals surface area contributed by atoms with Gasteiger partial charge in [0.2, 0.25) is 5.91 Å². The van der Waals surface area contributed by atoms with Gasteiger partial charge in [0.15, 0.2) is 0 Å². The maximum absolute atomic E-state index is 11.7. The third-order valence-electron chi connectivity index (χ3n) is 2.96. The minimum absolute atomic E-state index is 0.164. The molecule has 0 aromatic carbocycles. The van der Waals surface area contributed by atoms with Gasteiger partial charge in [-0.05, 0) is 31.2 Å². The van der Waals surface area contributed by atoms with Crippen molar-refractivity contribution in [1.82, 2.24) is 5.32 Å². The second kappa shape index (κ2) is 10.6. The molecular weight excluding hydrogens is 212 g/mol. The molecule has 0 radical (unpaired) electrons. The summed E-state index contributed by atoms with van der Waals surface area (Å²) in [6.45, 7) is 7.96. The molecule has 0 saturated heterocycles. The highest BCUT2D eigenvalue weighted by Crippen LogP contribution is 2.13. The van der Waals surface area contributed by atoms with E-state index in [4.69, 9.17) is 5.73 Å². The molecule has 0 aliphatic rings. The molecule has 0 heterocycles. The number of unbranched alkanes of at least 4 members (excludes halogenated alkanes) is 3. The van der Waals surface area contributed by atoms with Gasteiger partial charge in [0.25, 0.3) is 0 Å². The summed E-state index contributed by atoms with van der Waals surface area (Å²) in [7, 11) is 0. The van der Waals surface area contributed by atoms with Crippen molar-refractivity contribution in [2.45, 2.75) is 59.3 Å². The Morgan fingerprint density at radius 2 is 1.94 bits per heavy atom. The second-order valence-electron chi connectivity index (χ2n) is 5.35. The zero-order chi connectivity index (χ0) is 13.1. The monoisotopic (exact) mass is 242 g/mol. The van der Waals surface area contributed by atoms with Crippen molar-refractivity contribution in [2.24, 2.45) is 17.6 Å². The molecule has 0 rings (SSSR count). The molecule has 1 unspecified atom stereocenters. The smallest absolute Gasteiger partial charge is 0.220 e. The van der Waals surface area contributed by atoms with Crippen LogP contribution in [-0.2, 0) is 4.79 Å². The van der Waals surface area contributed by atoms with E-state index in [1.165, 1.54) is 19.3 Å². The predicted octanol–water partition coefficient (Wildman–Crippen LogP) is 2.69. The van der Waals surface area contributed by atoms with E-state index in [-0.39, 0.29) is 5.91 Å². The first-order chi connectivity index (χ1) is 8.10. The fraction of sp³-hybridized carbons (Fsp3) is 0.929. The summed E-state index contributed by atoms with van der Waals surface area (Å²) < 4.78 is 0. The van der Waals surface area contributed by atoms with Gasteiger partial charge in [-0.1, -0.05) is 40.0 Å². The van der Waals surface area contributed by atoms with Gasteiger partial charge in [-0.15, -0.1) is 0 Å². The van der Waals surface area contributed by atoms with Crippen molar-refractivity contribution in [3.05, 3.63) is 0 Å². The van der Waals surface area contributed by atoms with E-state index < -0.39 is 0 Å². The molecule has 0 fully saturated rings. The lowest BCUT2D eigenvalue weighted by atomic mass is 9.94. The van der Waals surface area contributed by atoms with Crippen LogP contribution in [0.3, 0.4) is 0 Å². The second-order valence-corrected chi connectivity index (χ2v) is 5.35. The topological polar surface area (TPSA) is 55.1 Å². The third kappa shape index (κ3) is 10.3. The van der Waals surface area contributed by atoms with Crippen LogP contribution in [0, 0.1) is 11.8 Å². The zero-order valence-corrected chi connectivity index (χ0v) is 11.8. The summed E-state index contributed by atoms with van der Waals surface area (Å²) in [5.74, 6) is 1.11. The Bertz CT molecular complexity index is 193. The summed E-state index contributed by atoms with van der Waals surface area (Å²) in [5, 5.41) is 2.99. The Kier molecular flexibility index (Phi) is 10.2. The van der Waals surface area contributed by atoms with E-state index in [1.807, 2.05) is 0 Å². The Hall–Kier alpha value is -0.570. The predicted molar refractivity (Wildman–Crippen MR) is 73.8 cm³/mol. The maximum atomic E-state index is 11.7. The number of amides is 1. The molecule has 0 aromatic heterocycles. The van der Waals surface area contributed by atoms with Crippen molar-refractivity contribution in [3.63, 3.8) is 0 Å². The average molecular weight is 242 g/mol. The first-order valence-corrected chi connectivity index (χ1v) is 7.06. The van der Waals surface area contributed by atoms with Crippen LogP contribution in [-0.4, -0.2) is 19.0 Å². The largest absolute Gasteiger partial charge is 0.356 e. The summed E-state index contributed by atoms with van der Waals surface area (Å²) >= 11 is 0. The lowest BCUT2D eigenvalue weighted by molar-refractivity contribution is -0.122. The number of carbonyl (C=O) groups is 1. The summed E-state index contributed by atoms with van der Waals surface area (Å²) in [6, 6.07) is 0. The first-order valence-electron chi connectivity index (χ1n) is 7.06. The van der Waals surface area contributed by atoms with E-state index in [0.717, 1.165) is 19.4 Å². The van der Waals surface area contributed by atoms with E-state index in [0.29, 0.717) is 24.8 Å². The van der Waals surface area contributed by atoms with Gasteiger partial charge in [-0.25, -0.2) is 0 Å². The Labute approximate surface area is 107 Å². The molecule has 3 N–H and O–H groups in total. The molecule has 102 valence electrons. The molecule has 0 aliphatic heterocycles. The van der Waals surface area contributed by atoms with Crippen LogP contribution in [0.1, 0.15) is 59.3 Å². The van der Waals surface area contributed by atoms with Crippen molar-refractivity contribution in [1.29, 1.82) is 0 Å². The van der Waals surface area contributed by atoms with Crippen LogP contribution in [0.5, 0.6) is 0 Å². The van der Waals surface area contributed by atoms with Crippen LogP contribution in [0.2, 0.25) is 0 Å². The molecule has 0 bridgehead atoms. The number of hydrogen-bond acceptors (Lipinski definition) is 2. The number of hydrogen-bond donors (Lipinski definition) is 2. The van der Waals surface area contributed by atoms with Crippen molar-refractivity contribution >= 4 is 5.91 Å². The first kappa shape index (κ1) is 16.4. The van der Waals surface area contributed by atoms with Gasteiger partial charge in [0, 0.05) is 13.0 Å². The number of nitrogens with two attached hydrogens (primary N) is 1. The van der Waals surface area contributed by atoms with Crippen molar-refractivity contribution < 1.29 is 4.79 Å². The van der Waals surface area contributed by atoms with E-state index >= 15 is 0 Å². The molecule has 1 atom stereocenters. The highest BCUT2D eigenvalue weighted by atomic mass is 16.1. The minimum Gasteiger partial charge on any atom is -0.356 e. The van der Waals surface area contributed by atoms with Gasteiger partial charge >= 0.3 is 0 Å². The molecule has 0 aromatic rings. The summed E-state index contributed by atoms with van der Waals surface area (Å²) in [5.41, 5.74) is 5.68. The number of rotatable bonds is 10. The van der Waals surface area contributed by atoms with Crippen molar-refractivity contribution in [2.75, 3.05) is 13.1 Å². The lowest BCUT2D eigenvalue weighted by Crippen LogP contribution is -2.29. The van der Waals surface area contributed by atoms with Crippen LogP contribution in [0.15, 0.2) is 0 Å². The van der Waals surface area contributed by atoms with Crippen LogP contribution in [0.25, 0.3) is 0 Å². The molecular formula is C14H30N2O. The maximum Gasteiger partial charge on any atom is 0.220 e. The van der Waals surface area contributed by atoms with Gasteiger partial charge in [-0.3, -0.25) is 4.79 Å². The third-order valence-corrected chi connectivity index (χ3v) is 2.96. The zero-order valence-electron chi connectivity index (χ0n) is 11.8. The normalized spacial score (nSPS) is 12.8. The number of nitrogens with one attached hydrogen (secondary N) is 1. The van der Waals surface area contributed by atoms with Crippen molar-refractivity contribution in [3.8, 4) is 0 Å². The highest BCUT2D eigenvalue weighted by Gasteiger charge is 2.13.